The number of hydrogen-bond acceptors (Lipinski definition) is 3. The third-order valence-corrected chi connectivity index (χ3v) is 4.04. The minimum Gasteiger partial charge on any atom is -0.392 e. The topological polar surface area (TPSA) is 35.5 Å². The van der Waals surface area contributed by atoms with Gasteiger partial charge in [0.2, 0.25) is 0 Å². The van der Waals surface area contributed by atoms with Crippen molar-refractivity contribution in [1.82, 2.24) is 10.2 Å². The maximum atomic E-state index is 9.74. The third-order valence-electron chi connectivity index (χ3n) is 4.04. The molecule has 2 atom stereocenters. The molecule has 108 valence electrons. The molecule has 0 aromatic rings. The van der Waals surface area contributed by atoms with Crippen molar-refractivity contribution >= 4 is 0 Å². The van der Waals surface area contributed by atoms with Crippen LogP contribution in [0.25, 0.3) is 0 Å². The molecule has 0 spiro atoms. The van der Waals surface area contributed by atoms with Gasteiger partial charge in [0.25, 0.3) is 0 Å². The summed E-state index contributed by atoms with van der Waals surface area (Å²) in [6, 6.07) is 0. The zero-order valence-corrected chi connectivity index (χ0v) is 12.7. The first kappa shape index (κ1) is 15.9. The molecule has 1 heterocycles. The van der Waals surface area contributed by atoms with Crippen LogP contribution in [0.5, 0.6) is 0 Å². The van der Waals surface area contributed by atoms with Gasteiger partial charge in [-0.05, 0) is 43.7 Å². The fraction of sp³-hybridized carbons (Fsp3) is 1.00. The molecule has 1 fully saturated rings. The number of rotatable bonds is 7. The highest BCUT2D eigenvalue weighted by Crippen LogP contribution is 2.23. The van der Waals surface area contributed by atoms with Crippen molar-refractivity contribution in [3.8, 4) is 0 Å². The summed E-state index contributed by atoms with van der Waals surface area (Å²) in [5.41, 5.74) is 0.325. The largest absolute Gasteiger partial charge is 0.392 e. The Hall–Kier alpha value is -0.120. The van der Waals surface area contributed by atoms with E-state index in [0.29, 0.717) is 11.3 Å². The molecule has 1 aliphatic rings. The molecule has 0 aromatic carbocycles. The average Bonchev–Trinajstić information content (AvgIpc) is 2.28. The highest BCUT2D eigenvalue weighted by molar-refractivity contribution is 4.82. The van der Waals surface area contributed by atoms with E-state index in [2.05, 4.69) is 37.9 Å². The Morgan fingerprint density at radius 2 is 2.17 bits per heavy atom. The summed E-state index contributed by atoms with van der Waals surface area (Å²) in [7, 11) is 0. The third kappa shape index (κ3) is 5.68. The molecule has 0 aliphatic carbocycles. The predicted octanol–water partition coefficient (Wildman–Crippen LogP) is 2.11. The van der Waals surface area contributed by atoms with Gasteiger partial charge in [-0.15, -0.1) is 0 Å². The van der Waals surface area contributed by atoms with Crippen molar-refractivity contribution in [3.05, 3.63) is 0 Å². The number of aliphatic hydroxyl groups excluding tert-OH is 1. The lowest BCUT2D eigenvalue weighted by Gasteiger charge is -2.38. The maximum Gasteiger partial charge on any atom is 0.0667 e. The van der Waals surface area contributed by atoms with E-state index in [0.717, 1.165) is 45.6 Å². The first-order valence-corrected chi connectivity index (χ1v) is 7.56. The molecule has 0 radical (unpaired) electrons. The van der Waals surface area contributed by atoms with E-state index in [1.54, 1.807) is 0 Å². The lowest BCUT2D eigenvalue weighted by molar-refractivity contribution is 0.0455. The summed E-state index contributed by atoms with van der Waals surface area (Å²) in [6.45, 7) is 14.4. The van der Waals surface area contributed by atoms with Crippen LogP contribution in [0.4, 0.5) is 0 Å². The maximum absolute atomic E-state index is 9.74. The van der Waals surface area contributed by atoms with Gasteiger partial charge in [-0.3, -0.25) is 0 Å². The second-order valence-electron chi connectivity index (χ2n) is 6.72. The Morgan fingerprint density at radius 3 is 2.72 bits per heavy atom. The van der Waals surface area contributed by atoms with Gasteiger partial charge in [-0.1, -0.05) is 27.7 Å². The van der Waals surface area contributed by atoms with Gasteiger partial charge in [0.1, 0.15) is 0 Å². The quantitative estimate of drug-likeness (QED) is 0.732. The minimum atomic E-state index is -0.108. The summed E-state index contributed by atoms with van der Waals surface area (Å²) in [5, 5.41) is 13.3. The van der Waals surface area contributed by atoms with Gasteiger partial charge < -0.3 is 15.3 Å². The highest BCUT2D eigenvalue weighted by Gasteiger charge is 2.27. The van der Waals surface area contributed by atoms with Gasteiger partial charge in [0.15, 0.2) is 0 Å². The van der Waals surface area contributed by atoms with E-state index in [9.17, 15) is 5.11 Å². The first-order valence-electron chi connectivity index (χ1n) is 7.56. The summed E-state index contributed by atoms with van der Waals surface area (Å²) in [6.07, 6.45) is 3.19. The van der Waals surface area contributed by atoms with E-state index in [4.69, 9.17) is 0 Å². The fourth-order valence-electron chi connectivity index (χ4n) is 2.67. The van der Waals surface area contributed by atoms with Gasteiger partial charge in [-0.2, -0.15) is 0 Å². The van der Waals surface area contributed by atoms with Crippen LogP contribution < -0.4 is 5.32 Å². The van der Waals surface area contributed by atoms with Crippen molar-refractivity contribution in [3.63, 3.8) is 0 Å². The van der Waals surface area contributed by atoms with Gasteiger partial charge in [-0.25, -0.2) is 0 Å². The van der Waals surface area contributed by atoms with Crippen LogP contribution in [0.1, 0.15) is 47.0 Å². The molecule has 18 heavy (non-hydrogen) atoms. The molecule has 3 heteroatoms. The van der Waals surface area contributed by atoms with Crippen LogP contribution >= 0.6 is 0 Å². The minimum absolute atomic E-state index is 0.108. The molecule has 1 saturated heterocycles. The van der Waals surface area contributed by atoms with E-state index in [1.807, 2.05) is 0 Å². The van der Waals surface area contributed by atoms with Crippen LogP contribution in [0, 0.1) is 11.3 Å². The Morgan fingerprint density at radius 1 is 1.44 bits per heavy atom. The Bertz CT molecular complexity index is 233. The number of aliphatic hydroxyl groups is 1. The monoisotopic (exact) mass is 256 g/mol. The number of nitrogens with one attached hydrogen (secondary N) is 1. The SMILES string of the molecule is CCC(C)(CNCC(C)C)CN1CCCC(O)C1. The molecular weight excluding hydrogens is 224 g/mol. The zero-order valence-electron chi connectivity index (χ0n) is 12.7. The molecule has 0 saturated carbocycles. The number of hydrogen-bond donors (Lipinski definition) is 2. The second kappa shape index (κ2) is 7.46. The number of piperidine rings is 1. The summed E-state index contributed by atoms with van der Waals surface area (Å²) in [4.78, 5) is 2.44. The molecule has 0 bridgehead atoms. The number of likely N-dealkylation sites (tertiary alicyclic amines) is 1. The zero-order chi connectivity index (χ0) is 13.6. The molecule has 2 N–H and O–H groups in total. The highest BCUT2D eigenvalue weighted by atomic mass is 16.3. The molecule has 0 aromatic heterocycles. The van der Waals surface area contributed by atoms with Crippen molar-refractivity contribution in [2.24, 2.45) is 11.3 Å². The average molecular weight is 256 g/mol. The molecule has 0 amide bonds. The summed E-state index contributed by atoms with van der Waals surface area (Å²) >= 11 is 0. The van der Waals surface area contributed by atoms with Crippen LogP contribution in [0.2, 0.25) is 0 Å². The standard InChI is InChI=1S/C15H32N2O/c1-5-15(4,11-16-9-13(2)3)12-17-8-6-7-14(18)10-17/h13-14,16,18H,5-12H2,1-4H3. The van der Waals surface area contributed by atoms with Crippen LogP contribution in [-0.4, -0.2) is 48.8 Å². The van der Waals surface area contributed by atoms with Gasteiger partial charge in [0.05, 0.1) is 6.10 Å². The van der Waals surface area contributed by atoms with Crippen molar-refractivity contribution in [2.75, 3.05) is 32.7 Å². The molecule has 2 unspecified atom stereocenters. The normalized spacial score (nSPS) is 25.3. The number of nitrogens with zero attached hydrogens (tertiary/aromatic N) is 1. The van der Waals surface area contributed by atoms with Crippen LogP contribution in [0.3, 0.4) is 0 Å². The van der Waals surface area contributed by atoms with Crippen LogP contribution in [-0.2, 0) is 0 Å². The molecular formula is C15H32N2O. The Kier molecular flexibility index (Phi) is 6.61. The molecule has 1 aliphatic heterocycles. The first-order chi connectivity index (χ1) is 8.45. The predicted molar refractivity (Wildman–Crippen MR) is 77.8 cm³/mol. The van der Waals surface area contributed by atoms with E-state index in [1.165, 1.54) is 6.42 Å². The van der Waals surface area contributed by atoms with Crippen molar-refractivity contribution < 1.29 is 5.11 Å². The van der Waals surface area contributed by atoms with Gasteiger partial charge >= 0.3 is 0 Å². The lowest BCUT2D eigenvalue weighted by Crippen LogP contribution is -2.47. The smallest absolute Gasteiger partial charge is 0.0667 e. The van der Waals surface area contributed by atoms with E-state index >= 15 is 0 Å². The summed E-state index contributed by atoms with van der Waals surface area (Å²) in [5.74, 6) is 0.711. The van der Waals surface area contributed by atoms with E-state index in [-0.39, 0.29) is 6.10 Å². The molecule has 1 rings (SSSR count). The van der Waals surface area contributed by atoms with Crippen molar-refractivity contribution in [1.29, 1.82) is 0 Å². The summed E-state index contributed by atoms with van der Waals surface area (Å²) < 4.78 is 0. The Labute approximate surface area is 113 Å². The van der Waals surface area contributed by atoms with Crippen molar-refractivity contribution in [2.45, 2.75) is 53.1 Å². The second-order valence-corrected chi connectivity index (χ2v) is 6.72. The van der Waals surface area contributed by atoms with Gasteiger partial charge in [0, 0.05) is 19.6 Å². The Balaban J connectivity index is 2.38. The fourth-order valence-corrected chi connectivity index (χ4v) is 2.67. The lowest BCUT2D eigenvalue weighted by atomic mass is 9.86. The van der Waals surface area contributed by atoms with E-state index < -0.39 is 0 Å². The number of β-amino-alcohol motifs (C(OH)–C–C–N with tert-alkyl or cyclic N) is 1. The van der Waals surface area contributed by atoms with Crippen LogP contribution in [0.15, 0.2) is 0 Å². The molecule has 3 nitrogen and oxygen atoms in total.